The number of anilines is 2. The highest BCUT2D eigenvalue weighted by molar-refractivity contribution is 9.10. The fourth-order valence-electron chi connectivity index (χ4n) is 1.40. The molecular formula is C12H12BrN5O2S. The van der Waals surface area contributed by atoms with E-state index in [4.69, 9.17) is 16.2 Å². The van der Waals surface area contributed by atoms with Gasteiger partial charge < -0.3 is 16.2 Å². The van der Waals surface area contributed by atoms with Gasteiger partial charge in [-0.1, -0.05) is 15.9 Å². The Hall–Kier alpha value is -2.13. The smallest absolute Gasteiger partial charge is 0.255 e. The van der Waals surface area contributed by atoms with Crippen LogP contribution in [0.15, 0.2) is 33.2 Å². The Morgan fingerprint density at radius 3 is 3.05 bits per heavy atom. The molecule has 0 unspecified atom stereocenters. The van der Waals surface area contributed by atoms with E-state index in [1.807, 2.05) is 0 Å². The number of primary amides is 1. The summed E-state index contributed by atoms with van der Waals surface area (Å²) in [5, 5.41) is 6.34. The van der Waals surface area contributed by atoms with Crippen LogP contribution >= 0.6 is 27.3 Å². The Morgan fingerprint density at radius 1 is 1.57 bits per heavy atom. The number of carbonyl (C=O) groups excluding carboxylic acids is 1. The Balaban J connectivity index is 2.09. The maximum Gasteiger partial charge on any atom is 0.255 e. The lowest BCUT2D eigenvalue weighted by Crippen LogP contribution is -2.20. The number of nitrogen functional groups attached to an aromatic ring is 1. The zero-order valence-electron chi connectivity index (χ0n) is 10.7. The number of rotatable bonds is 6. The molecule has 0 radical (unpaired) electrons. The molecule has 2 rings (SSSR count). The number of halogens is 1. The van der Waals surface area contributed by atoms with E-state index >= 15 is 0 Å². The van der Waals surface area contributed by atoms with Gasteiger partial charge in [-0.15, -0.1) is 11.3 Å². The van der Waals surface area contributed by atoms with E-state index in [1.165, 1.54) is 11.3 Å². The Labute approximate surface area is 133 Å². The molecule has 9 heteroatoms. The van der Waals surface area contributed by atoms with Gasteiger partial charge in [-0.2, -0.15) is 5.10 Å². The normalized spacial score (nSPS) is 10.7. The first-order valence-electron chi connectivity index (χ1n) is 5.75. The van der Waals surface area contributed by atoms with Gasteiger partial charge in [0.15, 0.2) is 6.61 Å². The van der Waals surface area contributed by atoms with Crippen LogP contribution in [0.5, 0.6) is 5.75 Å². The van der Waals surface area contributed by atoms with E-state index in [0.717, 1.165) is 4.47 Å². The summed E-state index contributed by atoms with van der Waals surface area (Å²) < 4.78 is 6.17. The van der Waals surface area contributed by atoms with Gasteiger partial charge in [0, 0.05) is 15.4 Å². The fourth-order valence-corrected chi connectivity index (χ4v) is 2.32. The number of thiazole rings is 1. The van der Waals surface area contributed by atoms with Crippen LogP contribution in [0.1, 0.15) is 5.56 Å². The second-order valence-electron chi connectivity index (χ2n) is 3.88. The molecule has 0 atom stereocenters. The van der Waals surface area contributed by atoms with E-state index in [1.54, 1.807) is 29.8 Å². The van der Waals surface area contributed by atoms with Crippen molar-refractivity contribution < 1.29 is 9.53 Å². The van der Waals surface area contributed by atoms with Gasteiger partial charge in [-0.05, 0) is 18.2 Å². The number of hydrogen-bond donors (Lipinski definition) is 3. The number of nitrogens with one attached hydrogen (secondary N) is 1. The maximum atomic E-state index is 10.8. The van der Waals surface area contributed by atoms with Gasteiger partial charge in [0.2, 0.25) is 5.13 Å². The van der Waals surface area contributed by atoms with Crippen molar-refractivity contribution in [3.05, 3.63) is 33.6 Å². The van der Waals surface area contributed by atoms with Crippen molar-refractivity contribution in [3.8, 4) is 5.75 Å². The number of benzene rings is 1. The third kappa shape index (κ3) is 4.72. The third-order valence-electron chi connectivity index (χ3n) is 2.23. The van der Waals surface area contributed by atoms with E-state index < -0.39 is 5.91 Å². The van der Waals surface area contributed by atoms with Gasteiger partial charge in [0.1, 0.15) is 11.6 Å². The molecule has 1 aromatic carbocycles. The first kappa shape index (κ1) is 15.3. The molecule has 1 amide bonds. The second kappa shape index (κ2) is 7.04. The molecule has 7 nitrogen and oxygen atoms in total. The fraction of sp³-hybridized carbons (Fsp3) is 0.0833. The minimum atomic E-state index is -0.544. The molecule has 0 aliphatic rings. The highest BCUT2D eigenvalue weighted by atomic mass is 79.9. The number of amides is 1. The average Bonchev–Trinajstić information content (AvgIpc) is 2.83. The molecule has 0 saturated heterocycles. The van der Waals surface area contributed by atoms with Crippen LogP contribution in [-0.4, -0.2) is 23.7 Å². The van der Waals surface area contributed by atoms with Crippen molar-refractivity contribution in [2.24, 2.45) is 10.8 Å². The summed E-state index contributed by atoms with van der Waals surface area (Å²) in [5.41, 5.74) is 14.0. The molecule has 110 valence electrons. The summed E-state index contributed by atoms with van der Waals surface area (Å²) in [6.45, 7) is -0.196. The summed E-state index contributed by atoms with van der Waals surface area (Å²) in [7, 11) is 0. The molecule has 0 aliphatic carbocycles. The first-order chi connectivity index (χ1) is 10.0. The maximum absolute atomic E-state index is 10.8. The topological polar surface area (TPSA) is 116 Å². The van der Waals surface area contributed by atoms with Crippen molar-refractivity contribution >= 4 is 50.3 Å². The standard InChI is InChI=1S/C12H12BrN5O2S/c13-8-1-2-9(20-5-11(15)19)7(3-8)4-16-18-12-17-10(14)6-21-12/h1-4,6H,5,14H2,(H2,15,19)(H,17,18). The Morgan fingerprint density at radius 2 is 2.38 bits per heavy atom. The molecule has 21 heavy (non-hydrogen) atoms. The van der Waals surface area contributed by atoms with Crippen LogP contribution in [0.2, 0.25) is 0 Å². The van der Waals surface area contributed by atoms with Gasteiger partial charge in [0.25, 0.3) is 5.91 Å². The first-order valence-corrected chi connectivity index (χ1v) is 7.42. The van der Waals surface area contributed by atoms with Crippen LogP contribution in [0.3, 0.4) is 0 Å². The predicted octanol–water partition coefficient (Wildman–Crippen LogP) is 1.80. The monoisotopic (exact) mass is 369 g/mol. The van der Waals surface area contributed by atoms with Gasteiger partial charge in [-0.25, -0.2) is 4.98 Å². The highest BCUT2D eigenvalue weighted by Crippen LogP contribution is 2.22. The number of ether oxygens (including phenoxy) is 1. The number of carbonyl (C=O) groups is 1. The second-order valence-corrected chi connectivity index (χ2v) is 5.66. The zero-order chi connectivity index (χ0) is 15.2. The number of nitrogens with two attached hydrogens (primary N) is 2. The number of hydrazone groups is 1. The lowest BCUT2D eigenvalue weighted by atomic mass is 10.2. The third-order valence-corrected chi connectivity index (χ3v) is 3.49. The van der Waals surface area contributed by atoms with Crippen molar-refractivity contribution in [2.45, 2.75) is 0 Å². The van der Waals surface area contributed by atoms with Gasteiger partial charge in [-0.3, -0.25) is 10.2 Å². The molecule has 5 N–H and O–H groups in total. The van der Waals surface area contributed by atoms with E-state index in [0.29, 0.717) is 22.3 Å². The van der Waals surface area contributed by atoms with Crippen molar-refractivity contribution in [1.82, 2.24) is 4.98 Å². The van der Waals surface area contributed by atoms with Crippen LogP contribution in [-0.2, 0) is 4.79 Å². The predicted molar refractivity (Wildman–Crippen MR) is 86.6 cm³/mol. The van der Waals surface area contributed by atoms with E-state index in [2.05, 4.69) is 31.4 Å². The SMILES string of the molecule is NC(=O)COc1ccc(Br)cc1C=NNc1nc(N)cs1. The minimum Gasteiger partial charge on any atom is -0.483 e. The highest BCUT2D eigenvalue weighted by Gasteiger charge is 2.04. The lowest BCUT2D eigenvalue weighted by Gasteiger charge is -2.07. The molecule has 1 heterocycles. The molecule has 0 aliphatic heterocycles. The largest absolute Gasteiger partial charge is 0.483 e. The van der Waals surface area contributed by atoms with E-state index in [9.17, 15) is 4.79 Å². The van der Waals surface area contributed by atoms with Crippen molar-refractivity contribution in [2.75, 3.05) is 17.8 Å². The van der Waals surface area contributed by atoms with Crippen LogP contribution in [0.25, 0.3) is 0 Å². The summed E-state index contributed by atoms with van der Waals surface area (Å²) in [6.07, 6.45) is 1.55. The van der Waals surface area contributed by atoms with Crippen LogP contribution in [0, 0.1) is 0 Å². The zero-order valence-corrected chi connectivity index (χ0v) is 13.1. The lowest BCUT2D eigenvalue weighted by molar-refractivity contribution is -0.119. The molecule has 0 saturated carbocycles. The summed E-state index contributed by atoms with van der Waals surface area (Å²) in [6, 6.07) is 5.32. The molecule has 0 spiro atoms. The molecular weight excluding hydrogens is 358 g/mol. The van der Waals surface area contributed by atoms with Crippen molar-refractivity contribution in [3.63, 3.8) is 0 Å². The van der Waals surface area contributed by atoms with Crippen molar-refractivity contribution in [1.29, 1.82) is 0 Å². The summed E-state index contributed by atoms with van der Waals surface area (Å²) in [5.74, 6) is 0.393. The quantitative estimate of drug-likeness (QED) is 0.530. The number of hydrogen-bond acceptors (Lipinski definition) is 7. The van der Waals surface area contributed by atoms with Crippen LogP contribution in [0.4, 0.5) is 10.9 Å². The average molecular weight is 370 g/mol. The molecule has 0 bridgehead atoms. The number of aromatic nitrogens is 1. The summed E-state index contributed by atoms with van der Waals surface area (Å²) >= 11 is 4.70. The Kier molecular flexibility index (Phi) is 5.12. The molecule has 2 aromatic rings. The van der Waals surface area contributed by atoms with E-state index in [-0.39, 0.29) is 6.61 Å². The Bertz CT molecular complexity index is 673. The summed E-state index contributed by atoms with van der Waals surface area (Å²) in [4.78, 5) is 14.8. The molecule has 1 aromatic heterocycles. The van der Waals surface area contributed by atoms with Gasteiger partial charge in [0.05, 0.1) is 6.21 Å². The number of nitrogens with zero attached hydrogens (tertiary/aromatic N) is 2. The van der Waals surface area contributed by atoms with Crippen LogP contribution < -0.4 is 21.6 Å². The molecule has 0 fully saturated rings. The van der Waals surface area contributed by atoms with Gasteiger partial charge >= 0.3 is 0 Å². The minimum absolute atomic E-state index is 0.196.